The van der Waals surface area contributed by atoms with Crippen LogP contribution in [0.4, 0.5) is 8.78 Å². The Hall–Kier alpha value is -1.64. The Kier molecular flexibility index (Phi) is 8.60. The zero-order chi connectivity index (χ0) is 15.8. The van der Waals surface area contributed by atoms with E-state index in [0.717, 1.165) is 6.54 Å². The van der Waals surface area contributed by atoms with Crippen LogP contribution < -0.4 is 10.6 Å². The first-order valence-electron chi connectivity index (χ1n) is 7.19. The molecule has 2 rings (SSSR count). The van der Waals surface area contributed by atoms with Gasteiger partial charge in [-0.15, -0.1) is 24.0 Å². The maximum absolute atomic E-state index is 13.5. The number of benzene rings is 1. The van der Waals surface area contributed by atoms with Crippen LogP contribution in [0.1, 0.15) is 5.56 Å². The summed E-state index contributed by atoms with van der Waals surface area (Å²) in [6.45, 7) is 1.93. The summed E-state index contributed by atoms with van der Waals surface area (Å²) in [7, 11) is 1.66. The summed E-state index contributed by atoms with van der Waals surface area (Å²) < 4.78 is 29.1. The van der Waals surface area contributed by atoms with Crippen molar-refractivity contribution in [3.8, 4) is 0 Å². The quantitative estimate of drug-likeness (QED) is 0.417. The minimum atomic E-state index is -0.516. The predicted octanol–water partition coefficient (Wildman–Crippen LogP) is 2.79. The molecule has 0 aliphatic carbocycles. The number of hydrogen-bond acceptors (Lipinski definition) is 1. The molecule has 0 saturated carbocycles. The van der Waals surface area contributed by atoms with E-state index in [0.29, 0.717) is 19.0 Å². The second-order valence-electron chi connectivity index (χ2n) is 4.80. The van der Waals surface area contributed by atoms with Crippen LogP contribution >= 0.6 is 24.0 Å². The molecule has 4 nitrogen and oxygen atoms in total. The van der Waals surface area contributed by atoms with E-state index in [1.165, 1.54) is 18.2 Å². The van der Waals surface area contributed by atoms with Crippen molar-refractivity contribution >= 4 is 29.9 Å². The number of guanidine groups is 1. The Labute approximate surface area is 152 Å². The topological polar surface area (TPSA) is 41.4 Å². The zero-order valence-electron chi connectivity index (χ0n) is 12.9. The molecule has 0 aliphatic rings. The molecule has 2 N–H and O–H groups in total. The number of halogens is 3. The second kappa shape index (κ2) is 10.2. The predicted molar refractivity (Wildman–Crippen MR) is 99.3 cm³/mol. The summed E-state index contributed by atoms with van der Waals surface area (Å²) in [4.78, 5) is 4.08. The third-order valence-corrected chi connectivity index (χ3v) is 3.28. The highest BCUT2D eigenvalue weighted by Crippen LogP contribution is 2.11. The minimum absolute atomic E-state index is 0. The molecule has 0 fully saturated rings. The molecule has 1 heterocycles. The molecule has 2 aromatic rings. The number of hydrogen-bond donors (Lipinski definition) is 2. The molecule has 0 amide bonds. The molecule has 0 aliphatic heterocycles. The number of rotatable bonds is 6. The van der Waals surface area contributed by atoms with Crippen molar-refractivity contribution in [2.24, 2.45) is 4.99 Å². The van der Waals surface area contributed by atoms with E-state index in [1.54, 1.807) is 7.05 Å². The molecule has 0 atom stereocenters. The maximum Gasteiger partial charge on any atom is 0.191 e. The van der Waals surface area contributed by atoms with Crippen molar-refractivity contribution in [3.63, 3.8) is 0 Å². The van der Waals surface area contributed by atoms with E-state index in [-0.39, 0.29) is 36.0 Å². The molecule has 0 radical (unpaired) electrons. The fraction of sp³-hybridized carbons (Fsp3) is 0.312. The van der Waals surface area contributed by atoms with Gasteiger partial charge < -0.3 is 15.2 Å². The van der Waals surface area contributed by atoms with Gasteiger partial charge >= 0.3 is 0 Å². The highest BCUT2D eigenvalue weighted by Gasteiger charge is 2.08. The van der Waals surface area contributed by atoms with E-state index >= 15 is 0 Å². The Bertz CT molecular complexity index is 594. The van der Waals surface area contributed by atoms with Gasteiger partial charge in [0.2, 0.25) is 0 Å². The highest BCUT2D eigenvalue weighted by molar-refractivity contribution is 14.0. The first kappa shape index (κ1) is 19.4. The van der Waals surface area contributed by atoms with Crippen LogP contribution in [-0.4, -0.2) is 30.7 Å². The van der Waals surface area contributed by atoms with Crippen LogP contribution in [0, 0.1) is 11.6 Å². The summed E-state index contributed by atoms with van der Waals surface area (Å²) in [6.07, 6.45) is 4.23. The van der Waals surface area contributed by atoms with Gasteiger partial charge in [-0.1, -0.05) is 6.07 Å². The van der Waals surface area contributed by atoms with Crippen LogP contribution in [0.15, 0.2) is 47.7 Å². The zero-order valence-corrected chi connectivity index (χ0v) is 15.3. The van der Waals surface area contributed by atoms with Crippen molar-refractivity contribution in [3.05, 3.63) is 59.9 Å². The molecule has 0 spiro atoms. The second-order valence-corrected chi connectivity index (χ2v) is 4.80. The Morgan fingerprint density at radius 3 is 2.26 bits per heavy atom. The van der Waals surface area contributed by atoms with Crippen molar-refractivity contribution < 1.29 is 8.78 Å². The lowest BCUT2D eigenvalue weighted by Gasteiger charge is -2.12. The van der Waals surface area contributed by atoms with E-state index in [4.69, 9.17) is 0 Å². The maximum atomic E-state index is 13.5. The number of nitrogens with one attached hydrogen (secondary N) is 2. The summed E-state index contributed by atoms with van der Waals surface area (Å²) >= 11 is 0. The molecule has 0 bridgehead atoms. The van der Waals surface area contributed by atoms with E-state index in [2.05, 4.69) is 20.2 Å². The largest absolute Gasteiger partial charge is 0.356 e. The van der Waals surface area contributed by atoms with Crippen LogP contribution in [-0.2, 0) is 13.0 Å². The van der Waals surface area contributed by atoms with E-state index < -0.39 is 11.6 Å². The number of aliphatic imine (C=N–C) groups is 1. The van der Waals surface area contributed by atoms with Crippen LogP contribution in [0.5, 0.6) is 0 Å². The van der Waals surface area contributed by atoms with Gasteiger partial charge in [-0.3, -0.25) is 4.99 Å². The highest BCUT2D eigenvalue weighted by atomic mass is 127. The summed E-state index contributed by atoms with van der Waals surface area (Å²) in [5.41, 5.74) is 0.0952. The van der Waals surface area contributed by atoms with Crippen molar-refractivity contribution in [1.82, 2.24) is 15.2 Å². The molecule has 126 valence electrons. The van der Waals surface area contributed by atoms with Crippen LogP contribution in [0.25, 0.3) is 0 Å². The standard InChI is InChI=1S/C16H20F2N4.HI/c1-19-16(21-9-12-22-10-2-3-11-22)20-8-7-13-14(17)5-4-6-15(13)18;/h2-6,10-11H,7-9,12H2,1H3,(H2,19,20,21);1H. The van der Waals surface area contributed by atoms with Gasteiger partial charge in [-0.2, -0.15) is 0 Å². The van der Waals surface area contributed by atoms with Crippen molar-refractivity contribution in [2.75, 3.05) is 20.1 Å². The molecule has 23 heavy (non-hydrogen) atoms. The van der Waals surface area contributed by atoms with Gasteiger partial charge in [-0.05, 0) is 30.7 Å². The van der Waals surface area contributed by atoms with Crippen molar-refractivity contribution in [1.29, 1.82) is 0 Å². The Morgan fingerprint density at radius 2 is 1.65 bits per heavy atom. The van der Waals surface area contributed by atoms with Gasteiger partial charge in [0, 0.05) is 44.6 Å². The number of nitrogens with zero attached hydrogens (tertiary/aromatic N) is 2. The normalized spacial score (nSPS) is 11.0. The molecule has 1 aromatic heterocycles. The number of aromatic nitrogens is 1. The lowest BCUT2D eigenvalue weighted by atomic mass is 10.1. The Morgan fingerprint density at radius 1 is 1.04 bits per heavy atom. The van der Waals surface area contributed by atoms with Gasteiger partial charge in [0.05, 0.1) is 0 Å². The first-order chi connectivity index (χ1) is 10.7. The minimum Gasteiger partial charge on any atom is -0.356 e. The molecule has 0 saturated heterocycles. The van der Waals surface area contributed by atoms with Gasteiger partial charge in [-0.25, -0.2) is 8.78 Å². The van der Waals surface area contributed by atoms with Gasteiger partial charge in [0.1, 0.15) is 11.6 Å². The fourth-order valence-corrected chi connectivity index (χ4v) is 2.12. The summed E-state index contributed by atoms with van der Waals surface area (Å²) in [6, 6.07) is 7.83. The SMILES string of the molecule is CN=C(NCCc1c(F)cccc1F)NCCn1cccc1.I. The molecule has 1 aromatic carbocycles. The third kappa shape index (κ3) is 6.17. The van der Waals surface area contributed by atoms with Crippen LogP contribution in [0.3, 0.4) is 0 Å². The monoisotopic (exact) mass is 434 g/mol. The van der Waals surface area contributed by atoms with Crippen LogP contribution in [0.2, 0.25) is 0 Å². The average molecular weight is 434 g/mol. The van der Waals surface area contributed by atoms with E-state index in [9.17, 15) is 8.78 Å². The first-order valence-corrected chi connectivity index (χ1v) is 7.19. The lowest BCUT2D eigenvalue weighted by Crippen LogP contribution is -2.39. The third-order valence-electron chi connectivity index (χ3n) is 3.28. The van der Waals surface area contributed by atoms with E-state index in [1.807, 2.05) is 24.5 Å². The van der Waals surface area contributed by atoms with Gasteiger partial charge in [0.15, 0.2) is 5.96 Å². The van der Waals surface area contributed by atoms with Crippen molar-refractivity contribution in [2.45, 2.75) is 13.0 Å². The molecular weight excluding hydrogens is 413 g/mol. The molecular formula is C16H21F2IN4. The smallest absolute Gasteiger partial charge is 0.191 e. The Balaban J connectivity index is 0.00000264. The summed E-state index contributed by atoms with van der Waals surface area (Å²) in [5.74, 6) is -0.418. The van der Waals surface area contributed by atoms with Gasteiger partial charge in [0.25, 0.3) is 0 Å². The summed E-state index contributed by atoms with van der Waals surface area (Å²) in [5, 5.41) is 6.20. The average Bonchev–Trinajstić information content (AvgIpc) is 3.01. The lowest BCUT2D eigenvalue weighted by molar-refractivity contribution is 0.552. The molecule has 7 heteroatoms. The molecule has 0 unspecified atom stereocenters. The fourth-order valence-electron chi connectivity index (χ4n) is 2.12.